The van der Waals surface area contributed by atoms with Crippen molar-refractivity contribution >= 4 is 11.8 Å². The van der Waals surface area contributed by atoms with Gasteiger partial charge < -0.3 is 5.11 Å². The second-order valence-electron chi connectivity index (χ2n) is 3.14. The van der Waals surface area contributed by atoms with E-state index in [-0.39, 0.29) is 11.3 Å². The van der Waals surface area contributed by atoms with E-state index in [0.29, 0.717) is 0 Å². The molecule has 1 heterocycles. The molecule has 0 amide bonds. The van der Waals surface area contributed by atoms with Gasteiger partial charge in [-0.1, -0.05) is 6.92 Å². The lowest BCUT2D eigenvalue weighted by molar-refractivity contribution is -0.139. The first-order chi connectivity index (χ1) is 7.46. The van der Waals surface area contributed by atoms with E-state index in [0.717, 1.165) is 24.2 Å². The van der Waals surface area contributed by atoms with Crippen LogP contribution in [-0.4, -0.2) is 21.6 Å². The van der Waals surface area contributed by atoms with E-state index < -0.39 is 17.8 Å². The summed E-state index contributed by atoms with van der Waals surface area (Å²) in [5.74, 6) is 0.990. The summed E-state index contributed by atoms with van der Waals surface area (Å²) in [5.41, 5.74) is -0.970. The first-order valence-electron chi connectivity index (χ1n) is 4.73. The number of hydrogen-bond acceptors (Lipinski definition) is 3. The summed E-state index contributed by atoms with van der Waals surface area (Å²) in [6, 6.07) is 0.884. The van der Waals surface area contributed by atoms with Crippen molar-refractivity contribution < 1.29 is 18.3 Å². The fraction of sp³-hybridized carbons (Fsp3) is 0.500. The first-order valence-corrected chi connectivity index (χ1v) is 5.89. The number of thioether (sulfide) groups is 1. The molecule has 0 aliphatic heterocycles. The van der Waals surface area contributed by atoms with E-state index in [1.165, 1.54) is 11.8 Å². The summed E-state index contributed by atoms with van der Waals surface area (Å²) in [7, 11) is 0. The lowest BCUT2D eigenvalue weighted by Crippen LogP contribution is -2.13. The van der Waals surface area contributed by atoms with Crippen molar-refractivity contribution in [2.24, 2.45) is 0 Å². The third-order valence-corrected chi connectivity index (χ3v) is 2.96. The van der Waals surface area contributed by atoms with Crippen LogP contribution in [0.4, 0.5) is 13.2 Å². The minimum atomic E-state index is -4.45. The number of halogens is 3. The highest BCUT2D eigenvalue weighted by Crippen LogP contribution is 2.34. The summed E-state index contributed by atoms with van der Waals surface area (Å²) in [4.78, 5) is 3.62. The lowest BCUT2D eigenvalue weighted by atomic mass is 10.1. The van der Waals surface area contributed by atoms with Crippen molar-refractivity contribution in [3.8, 4) is 0 Å². The Balaban J connectivity index is 2.94. The second kappa shape index (κ2) is 5.54. The van der Waals surface area contributed by atoms with Gasteiger partial charge >= 0.3 is 6.18 Å². The largest absolute Gasteiger partial charge is 0.416 e. The number of rotatable bonds is 4. The molecule has 0 bridgehead atoms. The van der Waals surface area contributed by atoms with Gasteiger partial charge in [-0.2, -0.15) is 24.9 Å². The van der Waals surface area contributed by atoms with E-state index in [9.17, 15) is 18.3 Å². The highest BCUT2D eigenvalue weighted by Gasteiger charge is 2.34. The molecule has 16 heavy (non-hydrogen) atoms. The third-order valence-electron chi connectivity index (χ3n) is 2.00. The van der Waals surface area contributed by atoms with Crippen LogP contribution in [0.5, 0.6) is 0 Å². The number of pyridine rings is 1. The maximum Gasteiger partial charge on any atom is 0.416 e. The van der Waals surface area contributed by atoms with E-state index >= 15 is 0 Å². The van der Waals surface area contributed by atoms with Crippen molar-refractivity contribution in [1.29, 1.82) is 0 Å². The van der Waals surface area contributed by atoms with Gasteiger partial charge in [0.15, 0.2) is 0 Å². The molecule has 1 atom stereocenters. The van der Waals surface area contributed by atoms with Crippen LogP contribution in [0.1, 0.15) is 24.2 Å². The second-order valence-corrected chi connectivity index (χ2v) is 4.45. The number of alkyl halides is 3. The zero-order valence-electron chi connectivity index (χ0n) is 8.66. The first kappa shape index (κ1) is 13.3. The minimum absolute atomic E-state index is 0.157. The van der Waals surface area contributed by atoms with Crippen molar-refractivity contribution in [3.05, 3.63) is 29.6 Å². The Morgan fingerprint density at radius 2 is 2.19 bits per heavy atom. The fourth-order valence-electron chi connectivity index (χ4n) is 1.25. The van der Waals surface area contributed by atoms with Gasteiger partial charge in [0.25, 0.3) is 0 Å². The Morgan fingerprint density at radius 1 is 1.50 bits per heavy atom. The molecule has 0 aliphatic carbocycles. The predicted octanol–water partition coefficient (Wildman–Crippen LogP) is 2.89. The standard InChI is InChI=1S/C10H12F3NOS/c1-2-16-6-9(15)7-5-14-4-3-8(7)10(11,12)13/h3-5,9,15H,2,6H2,1H3. The van der Waals surface area contributed by atoms with Crippen LogP contribution in [-0.2, 0) is 6.18 Å². The van der Waals surface area contributed by atoms with Crippen LogP contribution in [0, 0.1) is 0 Å². The Kier molecular flexibility index (Phi) is 4.61. The monoisotopic (exact) mass is 251 g/mol. The lowest BCUT2D eigenvalue weighted by Gasteiger charge is -2.16. The number of aliphatic hydroxyl groups is 1. The molecule has 0 saturated carbocycles. The molecular weight excluding hydrogens is 239 g/mol. The van der Waals surface area contributed by atoms with Gasteiger partial charge in [0.2, 0.25) is 0 Å². The topological polar surface area (TPSA) is 33.1 Å². The Hall–Kier alpha value is -0.750. The average Bonchev–Trinajstić information content (AvgIpc) is 2.24. The molecule has 0 aromatic carbocycles. The Labute approximate surface area is 95.9 Å². The van der Waals surface area contributed by atoms with Crippen LogP contribution in [0.15, 0.2) is 18.5 Å². The molecule has 1 aromatic rings. The summed E-state index contributed by atoms with van der Waals surface area (Å²) in [6.07, 6.45) is -3.43. The third kappa shape index (κ3) is 3.38. The predicted molar refractivity (Wildman–Crippen MR) is 57.2 cm³/mol. The SMILES string of the molecule is CCSCC(O)c1cnccc1C(F)(F)F. The van der Waals surface area contributed by atoms with Gasteiger partial charge in [-0.15, -0.1) is 0 Å². The number of aliphatic hydroxyl groups excluding tert-OH is 1. The summed E-state index contributed by atoms with van der Waals surface area (Å²) < 4.78 is 37.8. The molecule has 1 rings (SSSR count). The van der Waals surface area contributed by atoms with E-state index in [1.807, 2.05) is 6.92 Å². The van der Waals surface area contributed by atoms with Crippen molar-refractivity contribution in [3.63, 3.8) is 0 Å². The van der Waals surface area contributed by atoms with Gasteiger partial charge in [0.05, 0.1) is 11.7 Å². The molecule has 0 radical (unpaired) electrons. The van der Waals surface area contributed by atoms with Gasteiger partial charge in [0, 0.05) is 23.7 Å². The summed E-state index contributed by atoms with van der Waals surface area (Å²) >= 11 is 1.39. The maximum absolute atomic E-state index is 12.6. The van der Waals surface area contributed by atoms with E-state index in [1.54, 1.807) is 0 Å². The molecule has 0 spiro atoms. The average molecular weight is 251 g/mol. The van der Waals surface area contributed by atoms with E-state index in [4.69, 9.17) is 0 Å². The molecule has 0 aliphatic rings. The van der Waals surface area contributed by atoms with Crippen LogP contribution >= 0.6 is 11.8 Å². The maximum atomic E-state index is 12.6. The molecule has 2 nitrogen and oxygen atoms in total. The number of hydrogen-bond donors (Lipinski definition) is 1. The summed E-state index contributed by atoms with van der Waals surface area (Å²) in [5, 5.41) is 9.63. The van der Waals surface area contributed by atoms with Crippen LogP contribution in [0.2, 0.25) is 0 Å². The van der Waals surface area contributed by atoms with Crippen LogP contribution in [0.25, 0.3) is 0 Å². The van der Waals surface area contributed by atoms with Gasteiger partial charge in [-0.05, 0) is 11.8 Å². The van der Waals surface area contributed by atoms with Gasteiger partial charge in [-0.3, -0.25) is 4.98 Å². The Bertz CT molecular complexity index is 343. The van der Waals surface area contributed by atoms with Crippen molar-refractivity contribution in [2.75, 3.05) is 11.5 Å². The number of nitrogens with zero attached hydrogens (tertiary/aromatic N) is 1. The Morgan fingerprint density at radius 3 is 2.75 bits per heavy atom. The number of aromatic nitrogens is 1. The molecule has 0 saturated heterocycles. The van der Waals surface area contributed by atoms with E-state index in [2.05, 4.69) is 4.98 Å². The molecule has 0 fully saturated rings. The molecule has 90 valence electrons. The molecule has 1 aromatic heterocycles. The molecule has 6 heteroatoms. The zero-order valence-corrected chi connectivity index (χ0v) is 9.48. The van der Waals surface area contributed by atoms with Crippen molar-refractivity contribution in [2.45, 2.75) is 19.2 Å². The molecular formula is C10H12F3NOS. The van der Waals surface area contributed by atoms with Crippen LogP contribution in [0.3, 0.4) is 0 Å². The molecule has 1 N–H and O–H groups in total. The van der Waals surface area contributed by atoms with Gasteiger partial charge in [0.1, 0.15) is 0 Å². The highest BCUT2D eigenvalue weighted by atomic mass is 32.2. The summed E-state index contributed by atoms with van der Waals surface area (Å²) in [6.45, 7) is 1.88. The fourth-order valence-corrected chi connectivity index (χ4v) is 1.89. The molecule has 1 unspecified atom stereocenters. The zero-order chi connectivity index (χ0) is 12.2. The van der Waals surface area contributed by atoms with Crippen LogP contribution < -0.4 is 0 Å². The van der Waals surface area contributed by atoms with Gasteiger partial charge in [-0.25, -0.2) is 0 Å². The quantitative estimate of drug-likeness (QED) is 0.893. The normalized spacial score (nSPS) is 13.8. The smallest absolute Gasteiger partial charge is 0.387 e. The minimum Gasteiger partial charge on any atom is -0.387 e. The highest BCUT2D eigenvalue weighted by molar-refractivity contribution is 7.99. The van der Waals surface area contributed by atoms with Crippen molar-refractivity contribution in [1.82, 2.24) is 4.98 Å².